The molecule has 1 rings (SSSR count). The van der Waals surface area contributed by atoms with Crippen LogP contribution in [0.4, 0.5) is 0 Å². The lowest BCUT2D eigenvalue weighted by atomic mass is 10.1. The van der Waals surface area contributed by atoms with E-state index < -0.39 is 5.97 Å². The molecule has 0 spiro atoms. The molecule has 0 aliphatic carbocycles. The summed E-state index contributed by atoms with van der Waals surface area (Å²) < 4.78 is 14.4. The maximum absolute atomic E-state index is 10.7. The van der Waals surface area contributed by atoms with Crippen molar-refractivity contribution >= 4 is 17.9 Å². The topological polar surface area (TPSA) is 102 Å². The molecule has 0 bridgehead atoms. The zero-order valence-electron chi connectivity index (χ0n) is 15.2. The Morgan fingerprint density at radius 1 is 1.28 bits per heavy atom. The first-order chi connectivity index (χ1) is 11.7. The average molecular weight is 356 g/mol. The molecule has 0 aromatic carbocycles. The van der Waals surface area contributed by atoms with Crippen LogP contribution in [-0.2, 0) is 28.6 Å². The van der Waals surface area contributed by atoms with Crippen LogP contribution >= 0.6 is 0 Å². The molecule has 7 nitrogen and oxygen atoms in total. The van der Waals surface area contributed by atoms with E-state index in [1.54, 1.807) is 6.92 Å². The lowest BCUT2D eigenvalue weighted by molar-refractivity contribution is -0.140. The molecule has 1 aliphatic rings. The molecule has 1 fully saturated rings. The SMILES string of the molecule is C=C(C)C(=O)OCC1CO1.C=CC(=O)O.C=CC(=O)OCC(C)CC. The minimum Gasteiger partial charge on any atom is -0.478 e. The van der Waals surface area contributed by atoms with Gasteiger partial charge >= 0.3 is 17.9 Å². The van der Waals surface area contributed by atoms with E-state index in [1.165, 1.54) is 6.08 Å². The molecule has 25 heavy (non-hydrogen) atoms. The third-order valence-electron chi connectivity index (χ3n) is 2.70. The van der Waals surface area contributed by atoms with Crippen molar-refractivity contribution in [3.8, 4) is 0 Å². The summed E-state index contributed by atoms with van der Waals surface area (Å²) in [6, 6.07) is 0. The van der Waals surface area contributed by atoms with E-state index in [9.17, 15) is 14.4 Å². The van der Waals surface area contributed by atoms with Crippen molar-refractivity contribution in [2.45, 2.75) is 33.3 Å². The zero-order chi connectivity index (χ0) is 19.8. The molecule has 0 aromatic heterocycles. The Bertz CT molecular complexity index is 464. The fourth-order valence-electron chi connectivity index (χ4n) is 0.857. The maximum atomic E-state index is 10.7. The molecule has 1 heterocycles. The lowest BCUT2D eigenvalue weighted by Crippen LogP contribution is -2.09. The van der Waals surface area contributed by atoms with E-state index in [0.717, 1.165) is 12.5 Å². The largest absolute Gasteiger partial charge is 0.478 e. The second-order valence-electron chi connectivity index (χ2n) is 5.22. The molecule has 0 amide bonds. The molecule has 142 valence electrons. The Kier molecular flexibility index (Phi) is 15.0. The highest BCUT2D eigenvalue weighted by molar-refractivity contribution is 5.86. The highest BCUT2D eigenvalue weighted by Gasteiger charge is 2.24. The van der Waals surface area contributed by atoms with Crippen LogP contribution in [0.2, 0.25) is 0 Å². The van der Waals surface area contributed by atoms with Gasteiger partial charge < -0.3 is 19.3 Å². The van der Waals surface area contributed by atoms with Gasteiger partial charge in [-0.1, -0.05) is 40.0 Å². The molecule has 0 aromatic rings. The molecule has 0 saturated carbocycles. The van der Waals surface area contributed by atoms with Crippen LogP contribution in [0.25, 0.3) is 0 Å². The number of hydrogen-bond donors (Lipinski definition) is 1. The van der Waals surface area contributed by atoms with Crippen LogP contribution in [0.3, 0.4) is 0 Å². The summed E-state index contributed by atoms with van der Waals surface area (Å²) in [6.45, 7) is 17.0. The Morgan fingerprint density at radius 2 is 1.80 bits per heavy atom. The molecule has 0 radical (unpaired) electrons. The van der Waals surface area contributed by atoms with Gasteiger partial charge in [-0.05, 0) is 12.8 Å². The number of esters is 2. The highest BCUT2D eigenvalue weighted by Crippen LogP contribution is 2.09. The fourth-order valence-corrected chi connectivity index (χ4v) is 0.857. The third-order valence-corrected chi connectivity index (χ3v) is 2.70. The average Bonchev–Trinajstić information content (AvgIpc) is 3.42. The number of rotatable bonds is 8. The second-order valence-corrected chi connectivity index (χ2v) is 5.22. The van der Waals surface area contributed by atoms with Crippen molar-refractivity contribution in [1.82, 2.24) is 0 Å². The summed E-state index contributed by atoms with van der Waals surface area (Å²) in [4.78, 5) is 30.4. The summed E-state index contributed by atoms with van der Waals surface area (Å²) in [5.74, 6) is -1.20. The summed E-state index contributed by atoms with van der Waals surface area (Å²) in [7, 11) is 0. The van der Waals surface area contributed by atoms with Crippen LogP contribution in [0.1, 0.15) is 27.2 Å². The number of carbonyl (C=O) groups excluding carboxylic acids is 2. The lowest BCUT2D eigenvalue weighted by Gasteiger charge is -2.06. The van der Waals surface area contributed by atoms with E-state index in [2.05, 4.69) is 26.7 Å². The van der Waals surface area contributed by atoms with E-state index in [1.807, 2.05) is 6.92 Å². The van der Waals surface area contributed by atoms with Crippen LogP contribution in [-0.4, -0.2) is 48.9 Å². The van der Waals surface area contributed by atoms with Gasteiger partial charge in [0.15, 0.2) is 0 Å². The van der Waals surface area contributed by atoms with Gasteiger partial charge in [0.2, 0.25) is 0 Å². The number of carboxylic acids is 1. The van der Waals surface area contributed by atoms with Crippen molar-refractivity contribution in [3.63, 3.8) is 0 Å². The summed E-state index contributed by atoms with van der Waals surface area (Å²) in [6.07, 6.45) is 3.19. The Morgan fingerprint density at radius 3 is 2.12 bits per heavy atom. The molecule has 1 saturated heterocycles. The first-order valence-corrected chi connectivity index (χ1v) is 7.76. The number of aliphatic carboxylic acids is 1. The first kappa shape index (κ1) is 24.8. The first-order valence-electron chi connectivity index (χ1n) is 7.76. The van der Waals surface area contributed by atoms with Gasteiger partial charge in [-0.3, -0.25) is 0 Å². The quantitative estimate of drug-likeness (QED) is 0.405. The van der Waals surface area contributed by atoms with Gasteiger partial charge in [0, 0.05) is 17.7 Å². The monoisotopic (exact) mass is 356 g/mol. The maximum Gasteiger partial charge on any atom is 0.333 e. The Labute approximate surface area is 148 Å². The smallest absolute Gasteiger partial charge is 0.333 e. The minimum atomic E-state index is -0.981. The predicted molar refractivity (Wildman–Crippen MR) is 94.0 cm³/mol. The summed E-state index contributed by atoms with van der Waals surface area (Å²) in [5, 5.41) is 7.60. The normalized spacial score (nSPS) is 14.9. The second kappa shape index (κ2) is 15.1. The highest BCUT2D eigenvalue weighted by atomic mass is 16.6. The molecule has 1 N–H and O–H groups in total. The van der Waals surface area contributed by atoms with Crippen molar-refractivity contribution in [2.75, 3.05) is 19.8 Å². The van der Waals surface area contributed by atoms with Gasteiger partial charge in [-0.15, -0.1) is 0 Å². The Balaban J connectivity index is 0. The van der Waals surface area contributed by atoms with Crippen molar-refractivity contribution in [1.29, 1.82) is 0 Å². The Hall–Kier alpha value is -2.41. The van der Waals surface area contributed by atoms with Crippen molar-refractivity contribution in [3.05, 3.63) is 37.5 Å². The fraction of sp³-hybridized carbons (Fsp3) is 0.500. The van der Waals surface area contributed by atoms with Crippen LogP contribution in [0.5, 0.6) is 0 Å². The number of epoxide rings is 1. The van der Waals surface area contributed by atoms with Gasteiger partial charge in [-0.2, -0.15) is 0 Å². The molecule has 2 atom stereocenters. The summed E-state index contributed by atoms with van der Waals surface area (Å²) in [5.41, 5.74) is 0.431. The minimum absolute atomic E-state index is 0.142. The van der Waals surface area contributed by atoms with Crippen molar-refractivity contribution in [2.24, 2.45) is 5.92 Å². The van der Waals surface area contributed by atoms with E-state index in [4.69, 9.17) is 19.3 Å². The van der Waals surface area contributed by atoms with Crippen molar-refractivity contribution < 1.29 is 33.7 Å². The van der Waals surface area contributed by atoms with E-state index >= 15 is 0 Å². The van der Waals surface area contributed by atoms with E-state index in [0.29, 0.717) is 31.3 Å². The van der Waals surface area contributed by atoms with Crippen LogP contribution in [0, 0.1) is 5.92 Å². The molecular weight excluding hydrogens is 328 g/mol. The molecule has 7 heteroatoms. The molecular formula is C18H28O7. The molecule has 1 aliphatic heterocycles. The predicted octanol–water partition coefficient (Wildman–Crippen LogP) is 2.52. The van der Waals surface area contributed by atoms with E-state index in [-0.39, 0.29) is 18.0 Å². The van der Waals surface area contributed by atoms with Gasteiger partial charge in [0.25, 0.3) is 0 Å². The molecule has 2 unspecified atom stereocenters. The zero-order valence-corrected chi connectivity index (χ0v) is 15.2. The number of ether oxygens (including phenoxy) is 3. The number of hydrogen-bond acceptors (Lipinski definition) is 6. The number of carbonyl (C=O) groups is 3. The van der Waals surface area contributed by atoms with Gasteiger partial charge in [0.05, 0.1) is 13.2 Å². The van der Waals surface area contributed by atoms with Gasteiger partial charge in [0.1, 0.15) is 12.7 Å². The van der Waals surface area contributed by atoms with Gasteiger partial charge in [-0.25, -0.2) is 14.4 Å². The standard InChI is InChI=1S/C8H14O2.C7H10O3.C3H4O2/c1-4-7(3)6-10-8(9)5-2;1-5(2)7(8)10-4-6-3-9-6;1-2-3(4)5/h5,7H,2,4,6H2,1,3H3;6H,1,3-4H2,2H3;2H,1H2,(H,4,5). The third kappa shape index (κ3) is 19.5. The summed E-state index contributed by atoms with van der Waals surface area (Å²) >= 11 is 0. The number of carboxylic acid groups (broad SMARTS) is 1. The van der Waals surface area contributed by atoms with Crippen LogP contribution in [0.15, 0.2) is 37.5 Å². The van der Waals surface area contributed by atoms with Crippen LogP contribution < -0.4 is 0 Å².